The molecule has 1 saturated heterocycles. The summed E-state index contributed by atoms with van der Waals surface area (Å²) < 4.78 is 6.44. The summed E-state index contributed by atoms with van der Waals surface area (Å²) in [7, 11) is 0. The van der Waals surface area contributed by atoms with Gasteiger partial charge in [0.25, 0.3) is 5.91 Å². The van der Waals surface area contributed by atoms with Gasteiger partial charge in [0.15, 0.2) is 5.76 Å². The Bertz CT molecular complexity index is 854. The number of urea groups is 1. The van der Waals surface area contributed by atoms with Gasteiger partial charge in [0, 0.05) is 42.6 Å². The molecule has 3 rings (SSSR count). The van der Waals surface area contributed by atoms with E-state index in [1.807, 2.05) is 19.1 Å². The Morgan fingerprint density at radius 1 is 1.11 bits per heavy atom. The van der Waals surface area contributed by atoms with Gasteiger partial charge >= 0.3 is 6.03 Å². The first-order valence-electron chi connectivity index (χ1n) is 9.41. The second-order valence-corrected chi connectivity index (χ2v) is 8.66. The summed E-state index contributed by atoms with van der Waals surface area (Å²) in [5, 5.41) is 3.04. The summed E-state index contributed by atoms with van der Waals surface area (Å²) in [4.78, 5) is 28.5. The van der Waals surface area contributed by atoms with E-state index in [1.165, 1.54) is 0 Å². The van der Waals surface area contributed by atoms with Crippen molar-refractivity contribution in [3.63, 3.8) is 0 Å². The van der Waals surface area contributed by atoms with Crippen molar-refractivity contribution in [3.05, 3.63) is 58.0 Å². The van der Waals surface area contributed by atoms with Crippen LogP contribution < -0.4 is 5.32 Å². The predicted molar refractivity (Wildman–Crippen MR) is 111 cm³/mol. The minimum Gasteiger partial charge on any atom is -0.456 e. The topological polar surface area (TPSA) is 65.8 Å². The van der Waals surface area contributed by atoms with E-state index in [-0.39, 0.29) is 17.4 Å². The number of hydrogen-bond donors (Lipinski definition) is 1. The zero-order valence-electron chi connectivity index (χ0n) is 16.5. The molecular weight excluding hydrogens is 422 g/mol. The Morgan fingerprint density at radius 3 is 2.39 bits per heavy atom. The van der Waals surface area contributed by atoms with Crippen molar-refractivity contribution in [1.82, 2.24) is 15.1 Å². The molecule has 6 nitrogen and oxygen atoms in total. The monoisotopic (exact) mass is 447 g/mol. The smallest absolute Gasteiger partial charge is 0.317 e. The molecule has 0 bridgehead atoms. The summed E-state index contributed by atoms with van der Waals surface area (Å²) >= 11 is 3.50. The molecule has 28 heavy (non-hydrogen) atoms. The van der Waals surface area contributed by atoms with Gasteiger partial charge in [0.05, 0.1) is 0 Å². The van der Waals surface area contributed by atoms with Crippen molar-refractivity contribution in [3.8, 4) is 0 Å². The highest BCUT2D eigenvalue weighted by Gasteiger charge is 2.28. The van der Waals surface area contributed by atoms with Crippen molar-refractivity contribution in [1.29, 1.82) is 0 Å². The number of hydrogen-bond acceptors (Lipinski definition) is 3. The summed E-state index contributed by atoms with van der Waals surface area (Å²) in [6.45, 7) is 8.58. The Labute approximate surface area is 174 Å². The van der Waals surface area contributed by atoms with Gasteiger partial charge < -0.3 is 19.5 Å². The van der Waals surface area contributed by atoms with Crippen LogP contribution in [0.3, 0.4) is 0 Å². The number of piperazine rings is 1. The van der Waals surface area contributed by atoms with E-state index >= 15 is 0 Å². The van der Waals surface area contributed by atoms with E-state index in [2.05, 4.69) is 47.2 Å². The fourth-order valence-corrected chi connectivity index (χ4v) is 3.64. The van der Waals surface area contributed by atoms with Gasteiger partial charge in [0.2, 0.25) is 0 Å². The van der Waals surface area contributed by atoms with Gasteiger partial charge in [-0.05, 0) is 36.8 Å². The highest BCUT2D eigenvalue weighted by atomic mass is 79.9. The maximum Gasteiger partial charge on any atom is 0.317 e. The van der Waals surface area contributed by atoms with Crippen LogP contribution in [0.25, 0.3) is 0 Å². The number of rotatable bonds is 4. The molecule has 1 aromatic heterocycles. The highest BCUT2D eigenvalue weighted by Crippen LogP contribution is 2.25. The van der Waals surface area contributed by atoms with Crippen LogP contribution in [0.5, 0.6) is 0 Å². The number of benzene rings is 1. The zero-order chi connectivity index (χ0) is 20.3. The van der Waals surface area contributed by atoms with Crippen molar-refractivity contribution < 1.29 is 14.0 Å². The Kier molecular flexibility index (Phi) is 6.13. The molecule has 1 fully saturated rings. The molecule has 150 valence electrons. The number of furan rings is 1. The highest BCUT2D eigenvalue weighted by molar-refractivity contribution is 9.10. The molecule has 0 atom stereocenters. The molecule has 2 heterocycles. The Morgan fingerprint density at radius 2 is 1.79 bits per heavy atom. The first kappa shape index (κ1) is 20.5. The van der Waals surface area contributed by atoms with Gasteiger partial charge in [-0.3, -0.25) is 4.79 Å². The molecule has 0 saturated carbocycles. The van der Waals surface area contributed by atoms with E-state index in [0.717, 1.165) is 15.8 Å². The van der Waals surface area contributed by atoms with E-state index in [4.69, 9.17) is 4.42 Å². The lowest BCUT2D eigenvalue weighted by atomic mass is 9.85. The fourth-order valence-electron chi connectivity index (χ4n) is 3.24. The summed E-state index contributed by atoms with van der Waals surface area (Å²) in [6, 6.07) is 11.5. The second-order valence-electron chi connectivity index (χ2n) is 7.74. The molecule has 0 unspecified atom stereocenters. The average molecular weight is 448 g/mol. The van der Waals surface area contributed by atoms with Crippen LogP contribution in [0.2, 0.25) is 0 Å². The standard InChI is InChI=1S/C21H26BrN3O3/c1-15-7-8-18(28-15)19(26)24-9-11-25(12-10-24)20(27)23-14-21(2,3)16-5-4-6-17(22)13-16/h4-8,13H,9-12,14H2,1-3H3,(H,23,27). The normalized spacial score (nSPS) is 14.9. The third kappa shape index (κ3) is 4.76. The molecule has 2 aromatic rings. The zero-order valence-corrected chi connectivity index (χ0v) is 18.1. The van der Waals surface area contributed by atoms with Crippen LogP contribution in [0.15, 0.2) is 45.3 Å². The van der Waals surface area contributed by atoms with Gasteiger partial charge in [-0.1, -0.05) is 41.9 Å². The molecular formula is C21H26BrN3O3. The first-order chi connectivity index (χ1) is 13.3. The van der Waals surface area contributed by atoms with Gasteiger partial charge in [-0.25, -0.2) is 4.79 Å². The summed E-state index contributed by atoms with van der Waals surface area (Å²) in [5.74, 6) is 0.949. The SMILES string of the molecule is Cc1ccc(C(=O)N2CCN(C(=O)NCC(C)(C)c3cccc(Br)c3)CC2)o1. The van der Waals surface area contributed by atoms with E-state index < -0.39 is 0 Å². The number of halogens is 1. The van der Waals surface area contributed by atoms with Crippen LogP contribution in [-0.2, 0) is 5.41 Å². The van der Waals surface area contributed by atoms with Crippen molar-refractivity contribution >= 4 is 27.9 Å². The Balaban J connectivity index is 1.50. The minimum absolute atomic E-state index is 0.0935. The lowest BCUT2D eigenvalue weighted by Gasteiger charge is -2.35. The molecule has 1 aliphatic heterocycles. The van der Waals surface area contributed by atoms with E-state index in [9.17, 15) is 9.59 Å². The van der Waals surface area contributed by atoms with Crippen molar-refractivity contribution in [2.45, 2.75) is 26.2 Å². The van der Waals surface area contributed by atoms with Gasteiger partial charge in [-0.15, -0.1) is 0 Å². The van der Waals surface area contributed by atoms with Crippen LogP contribution in [0.1, 0.15) is 35.7 Å². The van der Waals surface area contributed by atoms with E-state index in [0.29, 0.717) is 38.5 Å². The largest absolute Gasteiger partial charge is 0.456 e. The molecule has 0 aliphatic carbocycles. The molecule has 0 spiro atoms. The molecule has 0 radical (unpaired) electrons. The first-order valence-corrected chi connectivity index (χ1v) is 10.2. The van der Waals surface area contributed by atoms with Gasteiger partial charge in [-0.2, -0.15) is 0 Å². The quantitative estimate of drug-likeness (QED) is 0.774. The van der Waals surface area contributed by atoms with Crippen LogP contribution in [0, 0.1) is 6.92 Å². The summed E-state index contributed by atoms with van der Waals surface area (Å²) in [6.07, 6.45) is 0. The third-order valence-electron chi connectivity index (χ3n) is 5.09. The maximum absolute atomic E-state index is 12.6. The number of carbonyl (C=O) groups excluding carboxylic acids is 2. The number of carbonyl (C=O) groups is 2. The van der Waals surface area contributed by atoms with Gasteiger partial charge in [0.1, 0.15) is 5.76 Å². The summed E-state index contributed by atoms with van der Waals surface area (Å²) in [5.41, 5.74) is 0.973. The van der Waals surface area contributed by atoms with E-state index in [1.54, 1.807) is 21.9 Å². The predicted octanol–water partition coefficient (Wildman–Crippen LogP) is 3.80. The number of amides is 3. The van der Waals surface area contributed by atoms with Crippen molar-refractivity contribution in [2.75, 3.05) is 32.7 Å². The molecule has 3 amide bonds. The van der Waals surface area contributed by atoms with Crippen LogP contribution in [-0.4, -0.2) is 54.5 Å². The molecule has 1 aliphatic rings. The molecule has 1 aromatic carbocycles. The average Bonchev–Trinajstić information content (AvgIpc) is 3.12. The number of nitrogens with one attached hydrogen (secondary N) is 1. The van der Waals surface area contributed by atoms with Crippen LogP contribution >= 0.6 is 15.9 Å². The fraction of sp³-hybridized carbons (Fsp3) is 0.429. The lowest BCUT2D eigenvalue weighted by Crippen LogP contribution is -2.54. The molecule has 7 heteroatoms. The van der Waals surface area contributed by atoms with Crippen molar-refractivity contribution in [2.24, 2.45) is 0 Å². The number of nitrogens with zero attached hydrogens (tertiary/aromatic N) is 2. The maximum atomic E-state index is 12.6. The Hall–Kier alpha value is -2.28. The van der Waals surface area contributed by atoms with Crippen LogP contribution in [0.4, 0.5) is 4.79 Å². The second kappa shape index (κ2) is 8.39. The minimum atomic E-state index is -0.186. The molecule has 1 N–H and O–H groups in total. The number of aryl methyl sites for hydroxylation is 1. The third-order valence-corrected chi connectivity index (χ3v) is 5.59. The lowest BCUT2D eigenvalue weighted by molar-refractivity contribution is 0.0632.